The molecule has 0 fully saturated rings. The predicted octanol–water partition coefficient (Wildman–Crippen LogP) is 2.39. The molecule has 8 heteroatoms. The monoisotopic (exact) mass is 315 g/mol. The number of furan rings is 1. The first-order valence-electron chi connectivity index (χ1n) is 5.70. The van der Waals surface area contributed by atoms with Crippen LogP contribution in [0.25, 0.3) is 0 Å². The molecule has 0 aliphatic rings. The highest BCUT2D eigenvalue weighted by Gasteiger charge is 2.25. The molecule has 0 saturated heterocycles. The fourth-order valence-electron chi connectivity index (χ4n) is 1.73. The maximum atomic E-state index is 12.2. The van der Waals surface area contributed by atoms with Crippen LogP contribution in [0.1, 0.15) is 34.2 Å². The summed E-state index contributed by atoms with van der Waals surface area (Å²) in [6.07, 6.45) is 0. The number of aryl methyl sites for hydroxylation is 1. The lowest BCUT2D eigenvalue weighted by atomic mass is 10.3. The largest absolute Gasteiger partial charge is 0.475 e. The summed E-state index contributed by atoms with van der Waals surface area (Å²) < 4.78 is 31.9. The first kappa shape index (κ1) is 14.8. The summed E-state index contributed by atoms with van der Waals surface area (Å²) >= 11 is 1.44. The van der Waals surface area contributed by atoms with E-state index in [0.29, 0.717) is 0 Å². The second-order valence-electron chi connectivity index (χ2n) is 4.19. The van der Waals surface area contributed by atoms with Crippen molar-refractivity contribution in [1.29, 1.82) is 0 Å². The molecule has 0 spiro atoms. The molecule has 0 aromatic carbocycles. The number of carboxylic acids is 1. The molecule has 108 valence electrons. The third-order valence-electron chi connectivity index (χ3n) is 2.67. The highest BCUT2D eigenvalue weighted by Crippen LogP contribution is 2.24. The number of hydrogen-bond donors (Lipinski definition) is 2. The summed E-state index contributed by atoms with van der Waals surface area (Å²) in [6, 6.07) is 4.27. The van der Waals surface area contributed by atoms with Crippen LogP contribution >= 0.6 is 11.3 Å². The van der Waals surface area contributed by atoms with Crippen LogP contribution in [0.3, 0.4) is 0 Å². The number of nitrogens with one attached hydrogen (secondary N) is 1. The smallest absolute Gasteiger partial charge is 0.371 e. The van der Waals surface area contributed by atoms with Crippen molar-refractivity contribution in [2.75, 3.05) is 0 Å². The number of thiophene rings is 1. The van der Waals surface area contributed by atoms with Crippen LogP contribution in [0.15, 0.2) is 32.9 Å². The summed E-state index contributed by atoms with van der Waals surface area (Å²) in [5.41, 5.74) is 0. The SMILES string of the molecule is Cc1oc(C(=O)O)cc1S(=O)(=O)N[C@@H](C)c1cccs1. The topological polar surface area (TPSA) is 96.6 Å². The average molecular weight is 315 g/mol. The molecule has 0 aliphatic carbocycles. The van der Waals surface area contributed by atoms with E-state index in [0.717, 1.165) is 10.9 Å². The van der Waals surface area contributed by atoms with E-state index >= 15 is 0 Å². The summed E-state index contributed by atoms with van der Waals surface area (Å²) in [4.78, 5) is 11.5. The number of hydrogen-bond acceptors (Lipinski definition) is 5. The predicted molar refractivity (Wildman–Crippen MR) is 73.5 cm³/mol. The van der Waals surface area contributed by atoms with Crippen molar-refractivity contribution in [2.45, 2.75) is 24.8 Å². The molecule has 2 heterocycles. The summed E-state index contributed by atoms with van der Waals surface area (Å²) in [5.74, 6) is -1.65. The fraction of sp³-hybridized carbons (Fsp3) is 0.250. The third kappa shape index (κ3) is 2.92. The number of rotatable bonds is 5. The van der Waals surface area contributed by atoms with Crippen molar-refractivity contribution in [3.05, 3.63) is 40.0 Å². The number of sulfonamides is 1. The maximum absolute atomic E-state index is 12.2. The van der Waals surface area contributed by atoms with Gasteiger partial charge in [0.25, 0.3) is 0 Å². The molecule has 0 saturated carbocycles. The van der Waals surface area contributed by atoms with Crippen molar-refractivity contribution in [3.8, 4) is 0 Å². The van der Waals surface area contributed by atoms with Gasteiger partial charge >= 0.3 is 5.97 Å². The van der Waals surface area contributed by atoms with Gasteiger partial charge < -0.3 is 9.52 Å². The Morgan fingerprint density at radius 1 is 1.50 bits per heavy atom. The third-order valence-corrected chi connectivity index (χ3v) is 5.38. The van der Waals surface area contributed by atoms with Gasteiger partial charge in [0.1, 0.15) is 10.7 Å². The van der Waals surface area contributed by atoms with E-state index in [1.807, 2.05) is 17.5 Å². The second-order valence-corrected chi connectivity index (χ2v) is 6.86. The molecule has 2 aromatic rings. The van der Waals surface area contributed by atoms with E-state index in [2.05, 4.69) is 4.72 Å². The first-order chi connectivity index (χ1) is 9.31. The molecule has 0 radical (unpaired) electrons. The average Bonchev–Trinajstić information content (AvgIpc) is 2.96. The van der Waals surface area contributed by atoms with Crippen LogP contribution in [0.2, 0.25) is 0 Å². The summed E-state index contributed by atoms with van der Waals surface area (Å²) in [5, 5.41) is 10.7. The molecule has 0 amide bonds. The zero-order valence-electron chi connectivity index (χ0n) is 10.8. The highest BCUT2D eigenvalue weighted by molar-refractivity contribution is 7.89. The van der Waals surface area contributed by atoms with Gasteiger partial charge in [-0.25, -0.2) is 17.9 Å². The van der Waals surface area contributed by atoms with E-state index in [4.69, 9.17) is 9.52 Å². The Balaban J connectivity index is 2.29. The fourth-order valence-corrected chi connectivity index (χ4v) is 3.94. The zero-order chi connectivity index (χ0) is 14.9. The lowest BCUT2D eigenvalue weighted by Gasteiger charge is -2.11. The van der Waals surface area contributed by atoms with Gasteiger partial charge in [-0.3, -0.25) is 0 Å². The van der Waals surface area contributed by atoms with Gasteiger partial charge in [-0.1, -0.05) is 6.07 Å². The van der Waals surface area contributed by atoms with Gasteiger partial charge in [0.05, 0.1) is 6.04 Å². The van der Waals surface area contributed by atoms with Gasteiger partial charge in [0.2, 0.25) is 15.8 Å². The Morgan fingerprint density at radius 3 is 2.70 bits per heavy atom. The van der Waals surface area contributed by atoms with Crippen molar-refractivity contribution in [2.24, 2.45) is 0 Å². The minimum absolute atomic E-state index is 0.0493. The van der Waals surface area contributed by atoms with E-state index < -0.39 is 27.8 Å². The van der Waals surface area contributed by atoms with Crippen LogP contribution < -0.4 is 4.72 Å². The molecular formula is C12H13NO5S2. The van der Waals surface area contributed by atoms with Gasteiger partial charge in [0, 0.05) is 10.9 Å². The Kier molecular flexibility index (Phi) is 3.98. The normalized spacial score (nSPS) is 13.3. The molecule has 0 unspecified atom stereocenters. The number of carbonyl (C=O) groups is 1. The quantitative estimate of drug-likeness (QED) is 0.883. The van der Waals surface area contributed by atoms with Gasteiger partial charge in [-0.2, -0.15) is 0 Å². The van der Waals surface area contributed by atoms with Crippen LogP contribution in [-0.4, -0.2) is 19.5 Å². The highest BCUT2D eigenvalue weighted by atomic mass is 32.2. The Hall–Kier alpha value is -1.64. The number of carboxylic acid groups (broad SMARTS) is 1. The van der Waals surface area contributed by atoms with E-state index in [-0.39, 0.29) is 10.7 Å². The molecule has 2 rings (SSSR count). The Bertz CT molecular complexity index is 715. The van der Waals surface area contributed by atoms with E-state index in [1.54, 1.807) is 6.92 Å². The standard InChI is InChI=1S/C12H13NO5S2/c1-7(10-4-3-5-19-10)13-20(16,17)11-6-9(12(14)15)18-8(11)2/h3-7,13H,1-2H3,(H,14,15)/t7-/m0/s1. The van der Waals surface area contributed by atoms with Gasteiger partial charge in [-0.15, -0.1) is 11.3 Å². The summed E-state index contributed by atoms with van der Waals surface area (Å²) in [6.45, 7) is 3.13. The molecule has 0 aliphatic heterocycles. The molecule has 2 N–H and O–H groups in total. The molecular weight excluding hydrogens is 302 g/mol. The lowest BCUT2D eigenvalue weighted by molar-refractivity contribution is 0.0661. The minimum Gasteiger partial charge on any atom is -0.475 e. The van der Waals surface area contributed by atoms with Crippen molar-refractivity contribution < 1.29 is 22.7 Å². The molecule has 1 atom stereocenters. The van der Waals surface area contributed by atoms with Crippen LogP contribution in [-0.2, 0) is 10.0 Å². The molecule has 2 aromatic heterocycles. The van der Waals surface area contributed by atoms with Crippen molar-refractivity contribution in [1.82, 2.24) is 4.72 Å². The summed E-state index contributed by atoms with van der Waals surface area (Å²) in [7, 11) is -3.83. The van der Waals surface area contributed by atoms with Crippen molar-refractivity contribution in [3.63, 3.8) is 0 Å². The number of aromatic carboxylic acids is 1. The van der Waals surface area contributed by atoms with Crippen molar-refractivity contribution >= 4 is 27.3 Å². The Labute approximate surface area is 120 Å². The van der Waals surface area contributed by atoms with Crippen LogP contribution in [0.5, 0.6) is 0 Å². The first-order valence-corrected chi connectivity index (χ1v) is 8.07. The van der Waals surface area contributed by atoms with Crippen LogP contribution in [0.4, 0.5) is 0 Å². The minimum atomic E-state index is -3.83. The van der Waals surface area contributed by atoms with E-state index in [9.17, 15) is 13.2 Å². The molecule has 6 nitrogen and oxygen atoms in total. The molecule has 0 bridgehead atoms. The lowest BCUT2D eigenvalue weighted by Crippen LogP contribution is -2.26. The second kappa shape index (κ2) is 5.39. The van der Waals surface area contributed by atoms with Crippen LogP contribution in [0, 0.1) is 6.92 Å². The van der Waals surface area contributed by atoms with Gasteiger partial charge in [-0.05, 0) is 25.3 Å². The van der Waals surface area contributed by atoms with Gasteiger partial charge in [0.15, 0.2) is 0 Å². The maximum Gasteiger partial charge on any atom is 0.371 e. The molecule has 20 heavy (non-hydrogen) atoms. The zero-order valence-corrected chi connectivity index (χ0v) is 12.4. The Morgan fingerprint density at radius 2 is 2.20 bits per heavy atom. The van der Waals surface area contributed by atoms with E-state index in [1.165, 1.54) is 18.3 Å².